The molecule has 0 aromatic heterocycles. The van der Waals surface area contributed by atoms with E-state index in [-0.39, 0.29) is 0 Å². The Kier molecular flexibility index (Phi) is 6.05. The van der Waals surface area contributed by atoms with Crippen LogP contribution in [0.5, 0.6) is 0 Å². The van der Waals surface area contributed by atoms with Gasteiger partial charge in [0.25, 0.3) is 0 Å². The standard InChI is InChI=1S/C13H13NOS/c14-10-5-4-8-13(9-11-15)16-12-6-2-1-3-7-12/h1-3,6-7,9,11H,4-5,8H2/b13-9+. The van der Waals surface area contributed by atoms with Crippen LogP contribution in [0, 0.1) is 11.3 Å². The van der Waals surface area contributed by atoms with Crippen LogP contribution < -0.4 is 0 Å². The lowest BCUT2D eigenvalue weighted by Crippen LogP contribution is -1.81. The van der Waals surface area contributed by atoms with Crippen molar-refractivity contribution in [1.82, 2.24) is 0 Å². The summed E-state index contributed by atoms with van der Waals surface area (Å²) in [5, 5.41) is 8.45. The molecule has 0 bridgehead atoms. The number of nitrogens with zero attached hydrogens (tertiary/aromatic N) is 1. The monoisotopic (exact) mass is 231 g/mol. The number of nitriles is 1. The van der Waals surface area contributed by atoms with Crippen molar-refractivity contribution in [3.8, 4) is 6.07 Å². The summed E-state index contributed by atoms with van der Waals surface area (Å²) in [6.07, 6.45) is 4.50. The van der Waals surface area contributed by atoms with E-state index >= 15 is 0 Å². The highest BCUT2D eigenvalue weighted by atomic mass is 32.2. The van der Waals surface area contributed by atoms with E-state index in [1.807, 2.05) is 30.3 Å². The highest BCUT2D eigenvalue weighted by Gasteiger charge is 2.00. The fraction of sp³-hybridized carbons (Fsp3) is 0.231. The second kappa shape index (κ2) is 7.72. The highest BCUT2D eigenvalue weighted by molar-refractivity contribution is 8.03. The van der Waals surface area contributed by atoms with Gasteiger partial charge in [-0.2, -0.15) is 5.26 Å². The van der Waals surface area contributed by atoms with Gasteiger partial charge >= 0.3 is 0 Å². The average molecular weight is 231 g/mol. The number of hydrogen-bond acceptors (Lipinski definition) is 3. The molecule has 16 heavy (non-hydrogen) atoms. The Morgan fingerprint density at radius 1 is 1.38 bits per heavy atom. The zero-order valence-electron chi connectivity index (χ0n) is 8.93. The van der Waals surface area contributed by atoms with Gasteiger partial charge in [-0.25, -0.2) is 0 Å². The van der Waals surface area contributed by atoms with Crippen molar-refractivity contribution in [2.24, 2.45) is 0 Å². The first kappa shape index (κ1) is 12.5. The predicted molar refractivity (Wildman–Crippen MR) is 65.9 cm³/mol. The van der Waals surface area contributed by atoms with E-state index in [0.717, 1.165) is 28.9 Å². The number of allylic oxidation sites excluding steroid dienone is 2. The molecule has 0 saturated heterocycles. The number of rotatable bonds is 6. The molecular weight excluding hydrogens is 218 g/mol. The summed E-state index contributed by atoms with van der Waals surface area (Å²) in [5.74, 6) is 0. The molecule has 0 amide bonds. The van der Waals surface area contributed by atoms with Gasteiger partial charge in [0.1, 0.15) is 6.29 Å². The third-order valence-electron chi connectivity index (χ3n) is 1.96. The fourth-order valence-corrected chi connectivity index (χ4v) is 2.19. The van der Waals surface area contributed by atoms with Gasteiger partial charge in [-0.1, -0.05) is 30.0 Å². The molecule has 0 unspecified atom stereocenters. The number of thioether (sulfide) groups is 1. The van der Waals surface area contributed by atoms with Crippen LogP contribution in [0.15, 0.2) is 46.2 Å². The normalized spacial score (nSPS) is 10.8. The lowest BCUT2D eigenvalue weighted by Gasteiger charge is -2.04. The molecule has 1 aromatic carbocycles. The number of hydrogen-bond donors (Lipinski definition) is 0. The van der Waals surface area contributed by atoms with Gasteiger partial charge in [-0.05, 0) is 36.0 Å². The van der Waals surface area contributed by atoms with Gasteiger partial charge in [0.2, 0.25) is 0 Å². The Morgan fingerprint density at radius 2 is 2.12 bits per heavy atom. The first-order chi connectivity index (χ1) is 7.86. The van der Waals surface area contributed by atoms with Gasteiger partial charge in [0.15, 0.2) is 0 Å². The number of carbonyl (C=O) groups is 1. The summed E-state index contributed by atoms with van der Waals surface area (Å²) >= 11 is 1.58. The Hall–Kier alpha value is -1.53. The summed E-state index contributed by atoms with van der Waals surface area (Å²) in [7, 11) is 0. The predicted octanol–water partition coefficient (Wildman–Crippen LogP) is 3.56. The van der Waals surface area contributed by atoms with Crippen LogP contribution in [-0.2, 0) is 4.79 Å². The largest absolute Gasteiger partial charge is 0.299 e. The Bertz CT molecular complexity index is 392. The van der Waals surface area contributed by atoms with Crippen LogP contribution in [0.25, 0.3) is 0 Å². The van der Waals surface area contributed by atoms with Crippen molar-refractivity contribution in [3.05, 3.63) is 41.3 Å². The molecule has 0 aliphatic heterocycles. The molecule has 0 aliphatic rings. The quantitative estimate of drug-likeness (QED) is 0.325. The average Bonchev–Trinajstić information content (AvgIpc) is 2.31. The number of benzene rings is 1. The molecule has 0 atom stereocenters. The van der Waals surface area contributed by atoms with Gasteiger partial charge < -0.3 is 0 Å². The van der Waals surface area contributed by atoms with Crippen molar-refractivity contribution in [2.45, 2.75) is 24.2 Å². The van der Waals surface area contributed by atoms with Crippen molar-refractivity contribution >= 4 is 18.0 Å². The first-order valence-electron chi connectivity index (χ1n) is 5.11. The van der Waals surface area contributed by atoms with Crippen LogP contribution in [0.2, 0.25) is 0 Å². The van der Waals surface area contributed by atoms with Crippen molar-refractivity contribution in [2.75, 3.05) is 0 Å². The highest BCUT2D eigenvalue weighted by Crippen LogP contribution is 2.29. The number of unbranched alkanes of at least 4 members (excludes halogenated alkanes) is 1. The Balaban J connectivity index is 2.56. The molecule has 0 aliphatic carbocycles. The molecule has 2 nitrogen and oxygen atoms in total. The van der Waals surface area contributed by atoms with Crippen molar-refractivity contribution in [3.63, 3.8) is 0 Å². The van der Waals surface area contributed by atoms with Crippen LogP contribution in [0.4, 0.5) is 0 Å². The molecule has 3 heteroatoms. The zero-order chi connectivity index (χ0) is 11.6. The van der Waals surface area contributed by atoms with Gasteiger partial charge in [-0.3, -0.25) is 4.79 Å². The van der Waals surface area contributed by atoms with Gasteiger partial charge in [0, 0.05) is 11.3 Å². The maximum atomic E-state index is 10.5. The van der Waals surface area contributed by atoms with Gasteiger partial charge in [0.05, 0.1) is 6.07 Å². The van der Waals surface area contributed by atoms with Crippen LogP contribution >= 0.6 is 11.8 Å². The molecule has 1 aromatic rings. The van der Waals surface area contributed by atoms with E-state index in [1.54, 1.807) is 17.8 Å². The van der Waals surface area contributed by atoms with E-state index in [9.17, 15) is 4.79 Å². The molecule has 0 spiro atoms. The van der Waals surface area contributed by atoms with E-state index in [2.05, 4.69) is 6.07 Å². The molecule has 82 valence electrons. The fourth-order valence-electron chi connectivity index (χ4n) is 1.23. The third kappa shape index (κ3) is 4.81. The van der Waals surface area contributed by atoms with Crippen molar-refractivity contribution in [1.29, 1.82) is 5.26 Å². The third-order valence-corrected chi connectivity index (χ3v) is 3.07. The van der Waals surface area contributed by atoms with E-state index in [1.165, 1.54) is 0 Å². The van der Waals surface area contributed by atoms with Crippen LogP contribution in [-0.4, -0.2) is 6.29 Å². The lowest BCUT2D eigenvalue weighted by atomic mass is 10.2. The molecule has 1 rings (SSSR count). The molecule has 0 radical (unpaired) electrons. The van der Waals surface area contributed by atoms with E-state index < -0.39 is 0 Å². The summed E-state index contributed by atoms with van der Waals surface area (Å²) in [6.45, 7) is 0. The van der Waals surface area contributed by atoms with Crippen LogP contribution in [0.1, 0.15) is 19.3 Å². The topological polar surface area (TPSA) is 40.9 Å². The maximum absolute atomic E-state index is 10.5. The maximum Gasteiger partial charge on any atom is 0.143 e. The van der Waals surface area contributed by atoms with E-state index in [0.29, 0.717) is 6.42 Å². The minimum absolute atomic E-state index is 0.533. The lowest BCUT2D eigenvalue weighted by molar-refractivity contribution is -0.104. The number of aldehydes is 1. The van der Waals surface area contributed by atoms with Crippen molar-refractivity contribution < 1.29 is 4.79 Å². The SMILES string of the molecule is N#CCCC/C(=C\C=O)Sc1ccccc1. The Morgan fingerprint density at radius 3 is 2.75 bits per heavy atom. The molecular formula is C13H13NOS. The van der Waals surface area contributed by atoms with Gasteiger partial charge in [-0.15, -0.1) is 0 Å². The van der Waals surface area contributed by atoms with E-state index in [4.69, 9.17) is 5.26 Å². The van der Waals surface area contributed by atoms with Crippen LogP contribution in [0.3, 0.4) is 0 Å². The first-order valence-corrected chi connectivity index (χ1v) is 5.92. The Labute approximate surface area is 100.0 Å². The summed E-state index contributed by atoms with van der Waals surface area (Å²) in [4.78, 5) is 12.6. The zero-order valence-corrected chi connectivity index (χ0v) is 9.74. The summed E-state index contributed by atoms with van der Waals surface area (Å²) < 4.78 is 0. The smallest absolute Gasteiger partial charge is 0.143 e. The number of carbonyl (C=O) groups excluding carboxylic acids is 1. The molecule has 0 heterocycles. The summed E-state index contributed by atoms with van der Waals surface area (Å²) in [6, 6.07) is 12.0. The molecule has 0 N–H and O–H groups in total. The second-order valence-corrected chi connectivity index (χ2v) is 4.40. The molecule has 0 saturated carbocycles. The minimum atomic E-state index is 0.533. The molecule has 0 fully saturated rings. The summed E-state index contributed by atoms with van der Waals surface area (Å²) in [5.41, 5.74) is 0. The second-order valence-electron chi connectivity index (χ2n) is 3.20. The minimum Gasteiger partial charge on any atom is -0.299 e.